The van der Waals surface area contributed by atoms with Gasteiger partial charge in [0.2, 0.25) is 14.8 Å². The first-order valence-corrected chi connectivity index (χ1v) is 7.02. The number of aromatic nitrogens is 4. The zero-order valence-electron chi connectivity index (χ0n) is 9.28. The molecule has 96 valence electrons. The van der Waals surface area contributed by atoms with E-state index < -0.39 is 10.0 Å². The predicted octanol–water partition coefficient (Wildman–Crippen LogP) is 0.226. The standard InChI is InChI=1S/C9H11N5O2S2/c10-18(15,16)8-3-1-7(2-4-8)5-6-14-9(17)11-12-13-14/h1-4H,5-6H2,(H2,10,15,16)(H,11,13,17). The number of hydrogen-bond donors (Lipinski definition) is 2. The second kappa shape index (κ2) is 4.96. The molecule has 0 spiro atoms. The molecule has 9 heteroatoms. The minimum absolute atomic E-state index is 0.103. The van der Waals surface area contributed by atoms with Crippen LogP contribution in [0.1, 0.15) is 5.56 Å². The fourth-order valence-corrected chi connectivity index (χ4v) is 2.14. The van der Waals surface area contributed by atoms with Crippen LogP contribution in [0, 0.1) is 4.77 Å². The normalized spacial score (nSPS) is 11.6. The Morgan fingerprint density at radius 3 is 2.50 bits per heavy atom. The summed E-state index contributed by atoms with van der Waals surface area (Å²) in [5, 5.41) is 14.9. The zero-order chi connectivity index (χ0) is 13.2. The third-order valence-electron chi connectivity index (χ3n) is 2.41. The molecule has 0 aliphatic rings. The summed E-state index contributed by atoms with van der Waals surface area (Å²) in [4.78, 5) is 0.103. The van der Waals surface area contributed by atoms with E-state index in [-0.39, 0.29) is 4.90 Å². The highest BCUT2D eigenvalue weighted by atomic mass is 32.2. The van der Waals surface area contributed by atoms with Crippen LogP contribution in [-0.2, 0) is 23.0 Å². The average Bonchev–Trinajstić information content (AvgIpc) is 2.72. The third-order valence-corrected chi connectivity index (χ3v) is 3.64. The second-order valence-corrected chi connectivity index (χ2v) is 5.60. The summed E-state index contributed by atoms with van der Waals surface area (Å²) in [6.45, 7) is 0.598. The molecule has 1 aromatic carbocycles. The van der Waals surface area contributed by atoms with Crippen LogP contribution in [0.5, 0.6) is 0 Å². The number of tetrazole rings is 1. The molecule has 1 heterocycles. The number of nitrogens with two attached hydrogens (primary N) is 1. The second-order valence-electron chi connectivity index (χ2n) is 3.67. The molecule has 0 atom stereocenters. The van der Waals surface area contributed by atoms with Crippen molar-refractivity contribution in [2.24, 2.45) is 5.14 Å². The van der Waals surface area contributed by atoms with Gasteiger partial charge in [0.25, 0.3) is 0 Å². The number of sulfonamides is 1. The van der Waals surface area contributed by atoms with Gasteiger partial charge in [-0.05, 0) is 36.3 Å². The van der Waals surface area contributed by atoms with Gasteiger partial charge >= 0.3 is 0 Å². The quantitative estimate of drug-likeness (QED) is 0.782. The maximum absolute atomic E-state index is 11.1. The Kier molecular flexibility index (Phi) is 3.55. The fourth-order valence-electron chi connectivity index (χ4n) is 1.45. The van der Waals surface area contributed by atoms with Crippen LogP contribution in [0.25, 0.3) is 0 Å². The van der Waals surface area contributed by atoms with E-state index in [1.165, 1.54) is 12.1 Å². The first-order chi connectivity index (χ1) is 8.47. The summed E-state index contributed by atoms with van der Waals surface area (Å²) in [5.41, 5.74) is 0.971. The number of nitrogens with zero attached hydrogens (tertiary/aromatic N) is 3. The van der Waals surface area contributed by atoms with E-state index in [4.69, 9.17) is 17.4 Å². The Bertz CT molecular complexity index is 686. The average molecular weight is 285 g/mol. The maximum atomic E-state index is 11.1. The number of benzene rings is 1. The van der Waals surface area contributed by atoms with Gasteiger partial charge in [-0.2, -0.15) is 5.21 Å². The van der Waals surface area contributed by atoms with Crippen molar-refractivity contribution in [1.82, 2.24) is 20.2 Å². The molecule has 0 aliphatic heterocycles. The first kappa shape index (κ1) is 12.9. The Labute approximate surface area is 109 Å². The topological polar surface area (TPSA) is 107 Å². The monoisotopic (exact) mass is 285 g/mol. The van der Waals surface area contributed by atoms with E-state index >= 15 is 0 Å². The van der Waals surface area contributed by atoms with E-state index in [9.17, 15) is 8.42 Å². The number of H-pyrrole nitrogens is 1. The number of rotatable bonds is 4. The molecule has 1 aromatic heterocycles. The number of nitrogens with one attached hydrogen (secondary N) is 1. The molecular weight excluding hydrogens is 274 g/mol. The Morgan fingerprint density at radius 1 is 1.33 bits per heavy atom. The lowest BCUT2D eigenvalue weighted by atomic mass is 10.1. The number of aryl methyl sites for hydroxylation is 2. The van der Waals surface area contributed by atoms with Gasteiger partial charge in [0, 0.05) is 6.54 Å². The van der Waals surface area contributed by atoms with Crippen molar-refractivity contribution < 1.29 is 8.42 Å². The van der Waals surface area contributed by atoms with Gasteiger partial charge in [-0.1, -0.05) is 22.4 Å². The summed E-state index contributed by atoms with van der Waals surface area (Å²) in [5.74, 6) is 0. The fraction of sp³-hybridized carbons (Fsp3) is 0.222. The molecule has 0 saturated carbocycles. The van der Waals surface area contributed by atoms with Crippen molar-refractivity contribution in [3.05, 3.63) is 34.6 Å². The van der Waals surface area contributed by atoms with E-state index in [0.29, 0.717) is 17.7 Å². The minimum atomic E-state index is -3.63. The molecule has 0 unspecified atom stereocenters. The third kappa shape index (κ3) is 3.00. The predicted molar refractivity (Wildman–Crippen MR) is 66.7 cm³/mol. The van der Waals surface area contributed by atoms with Crippen LogP contribution in [0.4, 0.5) is 0 Å². The van der Waals surface area contributed by atoms with E-state index in [2.05, 4.69) is 15.5 Å². The van der Waals surface area contributed by atoms with Gasteiger partial charge in [0.15, 0.2) is 0 Å². The van der Waals surface area contributed by atoms with Gasteiger partial charge < -0.3 is 0 Å². The zero-order valence-corrected chi connectivity index (χ0v) is 10.9. The summed E-state index contributed by atoms with van der Waals surface area (Å²) in [7, 11) is -3.63. The molecule has 0 fully saturated rings. The summed E-state index contributed by atoms with van der Waals surface area (Å²) < 4.78 is 24.2. The van der Waals surface area contributed by atoms with E-state index in [0.717, 1.165) is 5.56 Å². The molecule has 2 aromatic rings. The molecule has 0 aliphatic carbocycles. The van der Waals surface area contributed by atoms with Gasteiger partial charge in [-0.15, -0.1) is 0 Å². The number of aromatic amines is 1. The van der Waals surface area contributed by atoms with E-state index in [1.54, 1.807) is 16.8 Å². The first-order valence-electron chi connectivity index (χ1n) is 5.06. The SMILES string of the molecule is NS(=O)(=O)c1ccc(CCn2[nH]nnc2=S)cc1. The summed E-state index contributed by atoms with van der Waals surface area (Å²) in [6, 6.07) is 6.39. The molecular formula is C9H11N5O2S2. The molecule has 7 nitrogen and oxygen atoms in total. The molecule has 0 bridgehead atoms. The largest absolute Gasteiger partial charge is 0.242 e. The Balaban J connectivity index is 2.08. The van der Waals surface area contributed by atoms with Crippen molar-refractivity contribution in [2.45, 2.75) is 17.9 Å². The van der Waals surface area contributed by atoms with Crippen LogP contribution in [-0.4, -0.2) is 28.6 Å². The number of hydrogen-bond acceptors (Lipinski definition) is 5. The molecule has 0 amide bonds. The molecule has 3 N–H and O–H groups in total. The van der Waals surface area contributed by atoms with Gasteiger partial charge in [0.1, 0.15) is 0 Å². The highest BCUT2D eigenvalue weighted by molar-refractivity contribution is 7.89. The Hall–Kier alpha value is -1.58. The van der Waals surface area contributed by atoms with Gasteiger partial charge in [-0.3, -0.25) is 0 Å². The maximum Gasteiger partial charge on any atom is 0.238 e. The highest BCUT2D eigenvalue weighted by Crippen LogP contribution is 2.09. The summed E-state index contributed by atoms with van der Waals surface area (Å²) >= 11 is 4.93. The summed E-state index contributed by atoms with van der Waals surface area (Å²) in [6.07, 6.45) is 0.684. The van der Waals surface area contributed by atoms with Crippen molar-refractivity contribution in [3.8, 4) is 0 Å². The molecule has 0 radical (unpaired) electrons. The number of primary sulfonamides is 1. The van der Waals surface area contributed by atoms with Crippen LogP contribution in [0.2, 0.25) is 0 Å². The lowest BCUT2D eigenvalue weighted by molar-refractivity contribution is 0.582. The lowest BCUT2D eigenvalue weighted by Crippen LogP contribution is -2.12. The van der Waals surface area contributed by atoms with Crippen LogP contribution < -0.4 is 5.14 Å². The van der Waals surface area contributed by atoms with Crippen LogP contribution in [0.15, 0.2) is 29.2 Å². The van der Waals surface area contributed by atoms with Gasteiger partial charge in [-0.25, -0.2) is 18.2 Å². The van der Waals surface area contributed by atoms with Crippen molar-refractivity contribution in [1.29, 1.82) is 0 Å². The van der Waals surface area contributed by atoms with Crippen molar-refractivity contribution in [3.63, 3.8) is 0 Å². The van der Waals surface area contributed by atoms with Crippen molar-refractivity contribution >= 4 is 22.2 Å². The van der Waals surface area contributed by atoms with E-state index in [1.807, 2.05) is 0 Å². The van der Waals surface area contributed by atoms with Crippen molar-refractivity contribution in [2.75, 3.05) is 0 Å². The smallest absolute Gasteiger partial charge is 0.238 e. The molecule has 0 saturated heterocycles. The minimum Gasteiger partial charge on any atom is -0.242 e. The highest BCUT2D eigenvalue weighted by Gasteiger charge is 2.06. The molecule has 18 heavy (non-hydrogen) atoms. The lowest BCUT2D eigenvalue weighted by Gasteiger charge is -2.03. The van der Waals surface area contributed by atoms with Gasteiger partial charge in [0.05, 0.1) is 4.90 Å². The molecule has 2 rings (SSSR count). The Morgan fingerprint density at radius 2 is 2.00 bits per heavy atom. The van der Waals surface area contributed by atoms with Crippen LogP contribution in [0.3, 0.4) is 0 Å². The van der Waals surface area contributed by atoms with Crippen LogP contribution >= 0.6 is 12.2 Å².